The Labute approximate surface area is 99.8 Å². The number of hydrogen-bond acceptors (Lipinski definition) is 2. The molecule has 0 spiro atoms. The standard InChI is InChI=1S/C12H14ClN3/c1-8-6-15-16(7-8)12-4-3-10(9(2)14)5-11(12)13/h3-7,9H,14H2,1-2H3/t9-/m0/s1. The van der Waals surface area contributed by atoms with Crippen molar-refractivity contribution in [3.05, 3.63) is 46.7 Å². The number of nitrogens with zero attached hydrogens (tertiary/aromatic N) is 2. The first-order valence-electron chi connectivity index (χ1n) is 5.14. The molecule has 2 aromatic rings. The highest BCUT2D eigenvalue weighted by Crippen LogP contribution is 2.23. The molecule has 1 aromatic heterocycles. The minimum Gasteiger partial charge on any atom is -0.324 e. The number of aromatic nitrogens is 2. The minimum absolute atomic E-state index is 0.00842. The first-order chi connectivity index (χ1) is 7.58. The van der Waals surface area contributed by atoms with E-state index >= 15 is 0 Å². The number of rotatable bonds is 2. The van der Waals surface area contributed by atoms with E-state index in [1.54, 1.807) is 10.9 Å². The van der Waals surface area contributed by atoms with Gasteiger partial charge in [-0.25, -0.2) is 4.68 Å². The van der Waals surface area contributed by atoms with Crippen LogP contribution in [0.3, 0.4) is 0 Å². The summed E-state index contributed by atoms with van der Waals surface area (Å²) in [7, 11) is 0. The molecule has 84 valence electrons. The highest BCUT2D eigenvalue weighted by atomic mass is 35.5. The fourth-order valence-corrected chi connectivity index (χ4v) is 1.81. The summed E-state index contributed by atoms with van der Waals surface area (Å²) >= 11 is 6.20. The third kappa shape index (κ3) is 2.10. The largest absolute Gasteiger partial charge is 0.324 e. The van der Waals surface area contributed by atoms with E-state index in [9.17, 15) is 0 Å². The van der Waals surface area contributed by atoms with Gasteiger partial charge in [0.1, 0.15) is 0 Å². The Hall–Kier alpha value is -1.32. The summed E-state index contributed by atoms with van der Waals surface area (Å²) < 4.78 is 1.77. The van der Waals surface area contributed by atoms with E-state index < -0.39 is 0 Å². The molecule has 0 saturated carbocycles. The van der Waals surface area contributed by atoms with Gasteiger partial charge in [0.15, 0.2) is 0 Å². The molecule has 0 amide bonds. The highest BCUT2D eigenvalue weighted by molar-refractivity contribution is 6.32. The van der Waals surface area contributed by atoms with Crippen molar-refractivity contribution < 1.29 is 0 Å². The number of aryl methyl sites for hydroxylation is 1. The molecule has 2 rings (SSSR count). The Kier molecular flexibility index (Phi) is 2.99. The Morgan fingerprint density at radius 3 is 2.69 bits per heavy atom. The molecule has 1 heterocycles. The second-order valence-electron chi connectivity index (χ2n) is 3.96. The minimum atomic E-state index is -0.00842. The zero-order valence-electron chi connectivity index (χ0n) is 9.31. The van der Waals surface area contributed by atoms with Gasteiger partial charge in [-0.05, 0) is 37.1 Å². The van der Waals surface area contributed by atoms with Gasteiger partial charge in [-0.15, -0.1) is 0 Å². The molecule has 0 radical (unpaired) electrons. The maximum Gasteiger partial charge on any atom is 0.0832 e. The van der Waals surface area contributed by atoms with Crippen molar-refractivity contribution in [1.29, 1.82) is 0 Å². The number of halogens is 1. The summed E-state index contributed by atoms with van der Waals surface area (Å²) in [6.07, 6.45) is 3.74. The van der Waals surface area contributed by atoms with Crippen molar-refractivity contribution in [2.45, 2.75) is 19.9 Å². The molecule has 0 aliphatic carbocycles. The van der Waals surface area contributed by atoms with Gasteiger partial charge < -0.3 is 5.73 Å². The van der Waals surface area contributed by atoms with Gasteiger partial charge in [-0.1, -0.05) is 17.7 Å². The maximum absolute atomic E-state index is 6.20. The van der Waals surface area contributed by atoms with Crippen molar-refractivity contribution >= 4 is 11.6 Å². The number of nitrogens with two attached hydrogens (primary N) is 1. The molecule has 0 bridgehead atoms. The van der Waals surface area contributed by atoms with E-state index in [0.717, 1.165) is 16.8 Å². The van der Waals surface area contributed by atoms with Crippen LogP contribution in [0.15, 0.2) is 30.6 Å². The van der Waals surface area contributed by atoms with Crippen LogP contribution in [0.2, 0.25) is 5.02 Å². The molecule has 0 saturated heterocycles. The van der Waals surface area contributed by atoms with Crippen LogP contribution in [0.1, 0.15) is 24.1 Å². The predicted molar refractivity (Wildman–Crippen MR) is 65.9 cm³/mol. The summed E-state index contributed by atoms with van der Waals surface area (Å²) in [6.45, 7) is 3.93. The lowest BCUT2D eigenvalue weighted by Gasteiger charge is -2.09. The zero-order valence-corrected chi connectivity index (χ0v) is 10.1. The predicted octanol–water partition coefficient (Wildman–Crippen LogP) is 2.85. The maximum atomic E-state index is 6.20. The van der Waals surface area contributed by atoms with E-state index in [2.05, 4.69) is 5.10 Å². The summed E-state index contributed by atoms with van der Waals surface area (Å²) in [5, 5.41) is 4.89. The van der Waals surface area contributed by atoms with Gasteiger partial charge in [-0.2, -0.15) is 5.10 Å². The topological polar surface area (TPSA) is 43.8 Å². The summed E-state index contributed by atoms with van der Waals surface area (Å²) in [5.74, 6) is 0. The SMILES string of the molecule is Cc1cnn(-c2ccc([C@H](C)N)cc2Cl)c1. The Morgan fingerprint density at radius 2 is 2.19 bits per heavy atom. The fourth-order valence-electron chi connectivity index (χ4n) is 1.54. The van der Waals surface area contributed by atoms with Crippen LogP contribution >= 0.6 is 11.6 Å². The van der Waals surface area contributed by atoms with E-state index in [-0.39, 0.29) is 6.04 Å². The lowest BCUT2D eigenvalue weighted by molar-refractivity contribution is 0.814. The van der Waals surface area contributed by atoms with Crippen LogP contribution in [-0.2, 0) is 0 Å². The third-order valence-electron chi connectivity index (χ3n) is 2.46. The summed E-state index contributed by atoms with van der Waals surface area (Å²) in [4.78, 5) is 0. The molecule has 2 N–H and O–H groups in total. The molecule has 4 heteroatoms. The molecule has 0 aliphatic rings. The lowest BCUT2D eigenvalue weighted by atomic mass is 10.1. The van der Waals surface area contributed by atoms with Crippen LogP contribution in [0, 0.1) is 6.92 Å². The van der Waals surface area contributed by atoms with Gasteiger partial charge in [-0.3, -0.25) is 0 Å². The van der Waals surface area contributed by atoms with Crippen LogP contribution in [0.4, 0.5) is 0 Å². The molecule has 0 aliphatic heterocycles. The Morgan fingerprint density at radius 1 is 1.44 bits per heavy atom. The van der Waals surface area contributed by atoms with Crippen molar-refractivity contribution in [1.82, 2.24) is 9.78 Å². The molecular weight excluding hydrogens is 222 g/mol. The van der Waals surface area contributed by atoms with Crippen LogP contribution in [-0.4, -0.2) is 9.78 Å². The lowest BCUT2D eigenvalue weighted by Crippen LogP contribution is -2.05. The summed E-state index contributed by atoms with van der Waals surface area (Å²) in [6, 6.07) is 5.79. The van der Waals surface area contributed by atoms with Gasteiger partial charge >= 0.3 is 0 Å². The van der Waals surface area contributed by atoms with Gasteiger partial charge in [0, 0.05) is 12.2 Å². The monoisotopic (exact) mass is 235 g/mol. The second-order valence-corrected chi connectivity index (χ2v) is 4.37. The van der Waals surface area contributed by atoms with Crippen molar-refractivity contribution in [2.75, 3.05) is 0 Å². The molecule has 3 nitrogen and oxygen atoms in total. The van der Waals surface area contributed by atoms with Crippen molar-refractivity contribution in [2.24, 2.45) is 5.73 Å². The van der Waals surface area contributed by atoms with E-state index in [1.807, 2.05) is 38.2 Å². The smallest absolute Gasteiger partial charge is 0.0832 e. The van der Waals surface area contributed by atoms with Gasteiger partial charge in [0.05, 0.1) is 16.9 Å². The van der Waals surface area contributed by atoms with Crippen molar-refractivity contribution in [3.8, 4) is 5.69 Å². The average Bonchev–Trinajstić information content (AvgIpc) is 2.64. The van der Waals surface area contributed by atoms with Crippen LogP contribution in [0.25, 0.3) is 5.69 Å². The molecule has 0 unspecified atom stereocenters. The quantitative estimate of drug-likeness (QED) is 0.870. The Balaban J connectivity index is 2.44. The van der Waals surface area contributed by atoms with Crippen molar-refractivity contribution in [3.63, 3.8) is 0 Å². The highest BCUT2D eigenvalue weighted by Gasteiger charge is 2.07. The molecule has 1 atom stereocenters. The molecule has 16 heavy (non-hydrogen) atoms. The van der Waals surface area contributed by atoms with E-state index in [1.165, 1.54) is 0 Å². The van der Waals surface area contributed by atoms with E-state index in [4.69, 9.17) is 17.3 Å². The first kappa shape index (κ1) is 11.2. The summed E-state index contributed by atoms with van der Waals surface area (Å²) in [5.41, 5.74) is 8.80. The Bertz CT molecular complexity index is 503. The van der Waals surface area contributed by atoms with Crippen LogP contribution < -0.4 is 5.73 Å². The van der Waals surface area contributed by atoms with Gasteiger partial charge in [0.25, 0.3) is 0 Å². The zero-order chi connectivity index (χ0) is 11.7. The fraction of sp³-hybridized carbons (Fsp3) is 0.250. The first-order valence-corrected chi connectivity index (χ1v) is 5.52. The molecular formula is C12H14ClN3. The average molecular weight is 236 g/mol. The second kappa shape index (κ2) is 4.28. The number of hydrogen-bond donors (Lipinski definition) is 1. The van der Waals surface area contributed by atoms with Gasteiger partial charge in [0.2, 0.25) is 0 Å². The third-order valence-corrected chi connectivity index (χ3v) is 2.76. The molecule has 0 fully saturated rings. The van der Waals surface area contributed by atoms with Crippen LogP contribution in [0.5, 0.6) is 0 Å². The normalized spacial score (nSPS) is 12.8. The molecule has 1 aromatic carbocycles. The number of benzene rings is 1. The van der Waals surface area contributed by atoms with E-state index in [0.29, 0.717) is 5.02 Å².